The van der Waals surface area contributed by atoms with Gasteiger partial charge in [-0.25, -0.2) is 0 Å². The number of carbonyl (C=O) groups excluding carboxylic acids is 2. The summed E-state index contributed by atoms with van der Waals surface area (Å²) in [6.07, 6.45) is 1.28. The second-order valence-electron chi connectivity index (χ2n) is 4.49. The number of amides is 2. The first-order chi connectivity index (χ1) is 10.1. The summed E-state index contributed by atoms with van der Waals surface area (Å²) < 4.78 is 0. The summed E-state index contributed by atoms with van der Waals surface area (Å²) >= 11 is 1.38. The highest BCUT2D eigenvalue weighted by Crippen LogP contribution is 2.15. The lowest BCUT2D eigenvalue weighted by atomic mass is 10.2. The molecular weight excluding hydrogens is 288 g/mol. The Morgan fingerprint density at radius 3 is 2.90 bits per heavy atom. The average Bonchev–Trinajstić information content (AvgIpc) is 2.93. The van der Waals surface area contributed by atoms with Crippen molar-refractivity contribution in [3.8, 4) is 11.8 Å². The van der Waals surface area contributed by atoms with E-state index < -0.39 is 0 Å². The highest BCUT2D eigenvalue weighted by atomic mass is 32.1. The fourth-order valence-electron chi connectivity index (χ4n) is 1.55. The van der Waals surface area contributed by atoms with Crippen LogP contribution in [0.2, 0.25) is 0 Å². The van der Waals surface area contributed by atoms with E-state index in [0.29, 0.717) is 18.5 Å². The molecule has 0 aliphatic carbocycles. The van der Waals surface area contributed by atoms with Crippen molar-refractivity contribution in [1.82, 2.24) is 10.2 Å². The molecule has 2 N–H and O–H groups in total. The van der Waals surface area contributed by atoms with E-state index in [1.807, 2.05) is 6.92 Å². The van der Waals surface area contributed by atoms with Crippen molar-refractivity contribution in [2.45, 2.75) is 19.8 Å². The van der Waals surface area contributed by atoms with Crippen molar-refractivity contribution >= 4 is 23.2 Å². The molecule has 5 nitrogen and oxygen atoms in total. The third kappa shape index (κ3) is 5.98. The Morgan fingerprint density at radius 2 is 2.24 bits per heavy atom. The number of thiophene rings is 1. The van der Waals surface area contributed by atoms with Gasteiger partial charge in [-0.2, -0.15) is 0 Å². The Labute approximate surface area is 129 Å². The predicted molar refractivity (Wildman–Crippen MR) is 83.2 cm³/mol. The predicted octanol–water partition coefficient (Wildman–Crippen LogP) is 1.08. The Kier molecular flexibility index (Phi) is 7.51. The van der Waals surface area contributed by atoms with Gasteiger partial charge in [-0.3, -0.25) is 9.59 Å². The molecule has 0 aliphatic rings. The van der Waals surface area contributed by atoms with Gasteiger partial charge in [-0.1, -0.05) is 18.8 Å². The van der Waals surface area contributed by atoms with Crippen LogP contribution in [-0.2, 0) is 4.79 Å². The number of aliphatic hydroxyl groups excluding tert-OH is 1. The number of nitrogens with zero attached hydrogens (tertiary/aromatic N) is 1. The molecule has 0 saturated heterocycles. The van der Waals surface area contributed by atoms with E-state index in [1.54, 1.807) is 18.5 Å². The largest absolute Gasteiger partial charge is 0.395 e. The summed E-state index contributed by atoms with van der Waals surface area (Å²) in [5.41, 5.74) is 0.527. The van der Waals surface area contributed by atoms with Crippen LogP contribution in [0, 0.1) is 11.8 Å². The lowest BCUT2D eigenvalue weighted by Crippen LogP contribution is -2.38. The Hall–Kier alpha value is -1.84. The third-order valence-electron chi connectivity index (χ3n) is 2.59. The van der Waals surface area contributed by atoms with Crippen LogP contribution in [0.25, 0.3) is 0 Å². The Balaban J connectivity index is 2.58. The molecule has 6 heteroatoms. The quantitative estimate of drug-likeness (QED) is 0.773. The first-order valence-electron chi connectivity index (χ1n) is 6.79. The van der Waals surface area contributed by atoms with Crippen molar-refractivity contribution in [2.24, 2.45) is 0 Å². The number of nitrogens with one attached hydrogen (secondary N) is 1. The Bertz CT molecular complexity index is 543. The maximum Gasteiger partial charge on any atom is 0.254 e. The highest BCUT2D eigenvalue weighted by Gasteiger charge is 2.15. The van der Waals surface area contributed by atoms with E-state index in [-0.39, 0.29) is 25.0 Å². The van der Waals surface area contributed by atoms with Gasteiger partial charge in [0.2, 0.25) is 5.91 Å². The van der Waals surface area contributed by atoms with E-state index >= 15 is 0 Å². The topological polar surface area (TPSA) is 69.6 Å². The lowest BCUT2D eigenvalue weighted by Gasteiger charge is -2.15. The van der Waals surface area contributed by atoms with Crippen LogP contribution in [0.1, 0.15) is 35.0 Å². The second kappa shape index (κ2) is 9.16. The van der Waals surface area contributed by atoms with Gasteiger partial charge in [0.05, 0.1) is 23.6 Å². The first kappa shape index (κ1) is 17.2. The van der Waals surface area contributed by atoms with Crippen molar-refractivity contribution in [3.63, 3.8) is 0 Å². The minimum atomic E-state index is -0.201. The molecule has 0 saturated carbocycles. The van der Waals surface area contributed by atoms with Crippen LogP contribution in [0.3, 0.4) is 0 Å². The summed E-state index contributed by atoms with van der Waals surface area (Å²) in [6, 6.07) is 1.71. The molecule has 1 aromatic heterocycles. The molecule has 21 heavy (non-hydrogen) atoms. The normalized spacial score (nSPS) is 9.67. The average molecular weight is 308 g/mol. The van der Waals surface area contributed by atoms with Gasteiger partial charge in [0.1, 0.15) is 0 Å². The number of hydrogen-bond donors (Lipinski definition) is 2. The molecule has 0 spiro atoms. The van der Waals surface area contributed by atoms with Crippen molar-refractivity contribution in [3.05, 3.63) is 21.9 Å². The van der Waals surface area contributed by atoms with E-state index in [1.165, 1.54) is 16.2 Å². The number of carbonyl (C=O) groups is 2. The molecule has 0 bridgehead atoms. The van der Waals surface area contributed by atoms with E-state index in [0.717, 1.165) is 11.3 Å². The van der Waals surface area contributed by atoms with Gasteiger partial charge >= 0.3 is 0 Å². The SMILES string of the molecule is CCCNC(=O)CN(C)C(=O)c1csc(C#CCCO)c1. The van der Waals surface area contributed by atoms with Gasteiger partial charge < -0.3 is 15.3 Å². The molecule has 0 aliphatic heterocycles. The number of likely N-dealkylation sites (N-methyl/N-ethyl adjacent to an activating group) is 1. The van der Waals surface area contributed by atoms with Crippen molar-refractivity contribution < 1.29 is 14.7 Å². The van der Waals surface area contributed by atoms with Crippen molar-refractivity contribution in [2.75, 3.05) is 26.7 Å². The van der Waals surface area contributed by atoms with Crippen LogP contribution in [0.5, 0.6) is 0 Å². The van der Waals surface area contributed by atoms with E-state index in [4.69, 9.17) is 5.11 Å². The first-order valence-corrected chi connectivity index (χ1v) is 7.66. The molecular formula is C15H20N2O3S. The van der Waals surface area contributed by atoms with Crippen LogP contribution in [-0.4, -0.2) is 48.6 Å². The molecule has 0 fully saturated rings. The van der Waals surface area contributed by atoms with Gasteiger partial charge in [-0.05, 0) is 12.5 Å². The molecule has 0 unspecified atom stereocenters. The maximum atomic E-state index is 12.2. The molecule has 114 valence electrons. The molecule has 2 amide bonds. The van der Waals surface area contributed by atoms with Gasteiger partial charge in [0.25, 0.3) is 5.91 Å². The summed E-state index contributed by atoms with van der Waals surface area (Å²) in [5.74, 6) is 5.33. The zero-order chi connectivity index (χ0) is 15.7. The van der Waals surface area contributed by atoms with Crippen LogP contribution in [0.15, 0.2) is 11.4 Å². The molecule has 1 aromatic rings. The molecule has 0 radical (unpaired) electrons. The standard InChI is InChI=1S/C15H20N2O3S/c1-3-7-16-14(19)10-17(2)15(20)12-9-13(21-11-12)6-4-5-8-18/h9,11,18H,3,5,7-8,10H2,1-2H3,(H,16,19). The van der Waals surface area contributed by atoms with Gasteiger partial charge in [-0.15, -0.1) is 11.3 Å². The van der Waals surface area contributed by atoms with E-state index in [9.17, 15) is 9.59 Å². The summed E-state index contributed by atoms with van der Waals surface area (Å²) in [5, 5.41) is 13.1. The Morgan fingerprint density at radius 1 is 1.48 bits per heavy atom. The summed E-state index contributed by atoms with van der Waals surface area (Å²) in [6.45, 7) is 2.66. The van der Waals surface area contributed by atoms with Crippen LogP contribution in [0.4, 0.5) is 0 Å². The van der Waals surface area contributed by atoms with Gasteiger partial charge in [0, 0.05) is 25.4 Å². The molecule has 0 aromatic carbocycles. The van der Waals surface area contributed by atoms with Crippen LogP contribution >= 0.6 is 11.3 Å². The zero-order valence-corrected chi connectivity index (χ0v) is 13.1. The maximum absolute atomic E-state index is 12.2. The molecule has 1 rings (SSSR count). The zero-order valence-electron chi connectivity index (χ0n) is 12.3. The fraction of sp³-hybridized carbons (Fsp3) is 0.467. The minimum absolute atomic E-state index is 0.0276. The lowest BCUT2D eigenvalue weighted by molar-refractivity contribution is -0.121. The monoisotopic (exact) mass is 308 g/mol. The van der Waals surface area contributed by atoms with E-state index in [2.05, 4.69) is 17.2 Å². The number of rotatable bonds is 6. The number of hydrogen-bond acceptors (Lipinski definition) is 4. The summed E-state index contributed by atoms with van der Waals surface area (Å²) in [7, 11) is 1.60. The fourth-order valence-corrected chi connectivity index (χ4v) is 2.30. The smallest absolute Gasteiger partial charge is 0.254 e. The van der Waals surface area contributed by atoms with Crippen molar-refractivity contribution in [1.29, 1.82) is 0 Å². The third-order valence-corrected chi connectivity index (χ3v) is 3.44. The highest BCUT2D eigenvalue weighted by molar-refractivity contribution is 7.10. The van der Waals surface area contributed by atoms with Gasteiger partial charge in [0.15, 0.2) is 0 Å². The number of aliphatic hydroxyl groups is 1. The molecule has 1 heterocycles. The summed E-state index contributed by atoms with van der Waals surface area (Å²) in [4.78, 5) is 25.9. The second-order valence-corrected chi connectivity index (χ2v) is 5.40. The minimum Gasteiger partial charge on any atom is -0.395 e. The van der Waals surface area contributed by atoms with Crippen LogP contribution < -0.4 is 5.32 Å². The molecule has 0 atom stereocenters.